The lowest BCUT2D eigenvalue weighted by atomic mass is 9.98. The second-order valence-corrected chi connectivity index (χ2v) is 5.86. The zero-order chi connectivity index (χ0) is 14.7. The third kappa shape index (κ3) is 3.03. The van der Waals surface area contributed by atoms with Gasteiger partial charge in [-0.05, 0) is 52.0 Å². The van der Waals surface area contributed by atoms with E-state index in [1.54, 1.807) is 23.9 Å². The normalized spacial score (nSPS) is 12.4. The Morgan fingerprint density at radius 3 is 2.35 bits per heavy atom. The van der Waals surface area contributed by atoms with Gasteiger partial charge in [0, 0.05) is 10.5 Å². The van der Waals surface area contributed by atoms with Crippen LogP contribution in [0.1, 0.15) is 17.2 Å². The van der Waals surface area contributed by atoms with E-state index in [2.05, 4.69) is 21.4 Å². The fourth-order valence-electron chi connectivity index (χ4n) is 1.95. The van der Waals surface area contributed by atoms with Gasteiger partial charge in [-0.15, -0.1) is 11.8 Å². The van der Waals surface area contributed by atoms with Crippen LogP contribution >= 0.6 is 27.7 Å². The minimum atomic E-state index is -0.747. The fourth-order valence-corrected chi connectivity index (χ4v) is 2.70. The molecule has 2 nitrogen and oxygen atoms in total. The largest absolute Gasteiger partial charge is 0.271 e. The van der Waals surface area contributed by atoms with Crippen LogP contribution in [0.15, 0.2) is 45.8 Å². The smallest absolute Gasteiger partial charge is 0.145 e. The van der Waals surface area contributed by atoms with Crippen molar-refractivity contribution in [3.63, 3.8) is 0 Å². The molecule has 0 saturated heterocycles. The summed E-state index contributed by atoms with van der Waals surface area (Å²) in [5.74, 6) is 4.20. The highest BCUT2D eigenvalue weighted by molar-refractivity contribution is 9.10. The number of hydrazine groups is 1. The highest BCUT2D eigenvalue weighted by Crippen LogP contribution is 2.31. The molecule has 0 amide bonds. The molecule has 0 aromatic heterocycles. The average Bonchev–Trinajstić information content (AvgIpc) is 2.48. The predicted molar refractivity (Wildman–Crippen MR) is 81.4 cm³/mol. The lowest BCUT2D eigenvalue weighted by molar-refractivity contribution is 0.507. The van der Waals surface area contributed by atoms with E-state index < -0.39 is 17.7 Å². The van der Waals surface area contributed by atoms with Crippen LogP contribution in [0.3, 0.4) is 0 Å². The summed E-state index contributed by atoms with van der Waals surface area (Å²) in [7, 11) is 0. The molecule has 0 aliphatic heterocycles. The van der Waals surface area contributed by atoms with Crippen molar-refractivity contribution in [1.29, 1.82) is 0 Å². The van der Waals surface area contributed by atoms with Gasteiger partial charge in [-0.25, -0.2) is 14.2 Å². The van der Waals surface area contributed by atoms with Gasteiger partial charge in [0.25, 0.3) is 0 Å². The quantitative estimate of drug-likeness (QED) is 0.375. The lowest BCUT2D eigenvalue weighted by Gasteiger charge is -2.19. The van der Waals surface area contributed by atoms with Gasteiger partial charge >= 0.3 is 0 Å². The van der Waals surface area contributed by atoms with Crippen molar-refractivity contribution in [2.75, 3.05) is 6.26 Å². The van der Waals surface area contributed by atoms with Crippen LogP contribution in [-0.4, -0.2) is 6.26 Å². The van der Waals surface area contributed by atoms with Gasteiger partial charge in [0.15, 0.2) is 0 Å². The average molecular weight is 359 g/mol. The second kappa shape index (κ2) is 6.67. The van der Waals surface area contributed by atoms with Crippen molar-refractivity contribution in [2.24, 2.45) is 5.84 Å². The summed E-state index contributed by atoms with van der Waals surface area (Å²) in [6.07, 6.45) is 1.96. The van der Waals surface area contributed by atoms with E-state index in [4.69, 9.17) is 5.84 Å². The predicted octanol–water partition coefficient (Wildman–Crippen LogP) is 4.00. The summed E-state index contributed by atoms with van der Waals surface area (Å²) in [5, 5.41) is 0. The number of hydrogen-bond donors (Lipinski definition) is 2. The Morgan fingerprint density at radius 1 is 1.15 bits per heavy atom. The minimum absolute atomic E-state index is 0.0984. The third-order valence-electron chi connectivity index (χ3n) is 2.98. The van der Waals surface area contributed by atoms with Crippen molar-refractivity contribution < 1.29 is 8.78 Å². The summed E-state index contributed by atoms with van der Waals surface area (Å²) in [6, 6.07) is 9.17. The second-order valence-electron chi connectivity index (χ2n) is 4.13. The van der Waals surface area contributed by atoms with Gasteiger partial charge in [-0.2, -0.15) is 0 Å². The van der Waals surface area contributed by atoms with E-state index >= 15 is 0 Å². The maximum atomic E-state index is 14.1. The zero-order valence-electron chi connectivity index (χ0n) is 10.7. The molecular weight excluding hydrogens is 346 g/mol. The monoisotopic (exact) mass is 358 g/mol. The highest BCUT2D eigenvalue weighted by atomic mass is 79.9. The number of nitrogens with one attached hydrogen (secondary N) is 1. The first-order valence-electron chi connectivity index (χ1n) is 5.82. The summed E-state index contributed by atoms with van der Waals surface area (Å²) in [6.45, 7) is 0. The fraction of sp³-hybridized carbons (Fsp3) is 0.143. The van der Waals surface area contributed by atoms with Crippen LogP contribution in [0.25, 0.3) is 0 Å². The van der Waals surface area contributed by atoms with Crippen molar-refractivity contribution in [2.45, 2.75) is 10.9 Å². The molecule has 0 bridgehead atoms. The Kier molecular flexibility index (Phi) is 5.15. The maximum absolute atomic E-state index is 14.1. The first-order chi connectivity index (χ1) is 9.58. The highest BCUT2D eigenvalue weighted by Gasteiger charge is 2.22. The lowest BCUT2D eigenvalue weighted by Crippen LogP contribution is -2.30. The zero-order valence-corrected chi connectivity index (χ0v) is 13.1. The molecule has 2 aromatic rings. The molecule has 0 saturated carbocycles. The molecule has 2 aromatic carbocycles. The van der Waals surface area contributed by atoms with E-state index in [0.717, 1.165) is 4.90 Å². The van der Waals surface area contributed by atoms with Gasteiger partial charge in [0.05, 0.1) is 10.5 Å². The molecular formula is C14H13BrF2N2S. The van der Waals surface area contributed by atoms with Crippen molar-refractivity contribution in [1.82, 2.24) is 5.43 Å². The summed E-state index contributed by atoms with van der Waals surface area (Å²) < 4.78 is 28.3. The van der Waals surface area contributed by atoms with E-state index in [0.29, 0.717) is 5.56 Å². The van der Waals surface area contributed by atoms with Gasteiger partial charge < -0.3 is 0 Å². The summed E-state index contributed by atoms with van der Waals surface area (Å²) in [4.78, 5) is 1.07. The molecule has 1 unspecified atom stereocenters. The third-order valence-corrected chi connectivity index (χ3v) is 4.34. The summed E-state index contributed by atoms with van der Waals surface area (Å²) in [5.41, 5.74) is 3.07. The number of halogens is 3. The van der Waals surface area contributed by atoms with Gasteiger partial charge in [0.2, 0.25) is 0 Å². The molecule has 1 atom stereocenters. The first-order valence-corrected chi connectivity index (χ1v) is 7.83. The van der Waals surface area contributed by atoms with Crippen LogP contribution in [-0.2, 0) is 0 Å². The number of rotatable bonds is 4. The van der Waals surface area contributed by atoms with E-state index in [1.165, 1.54) is 12.1 Å². The van der Waals surface area contributed by atoms with E-state index in [9.17, 15) is 8.78 Å². The van der Waals surface area contributed by atoms with Crippen molar-refractivity contribution >= 4 is 27.7 Å². The first kappa shape index (κ1) is 15.4. The molecule has 106 valence electrons. The van der Waals surface area contributed by atoms with Gasteiger partial charge in [0.1, 0.15) is 11.6 Å². The van der Waals surface area contributed by atoms with Gasteiger partial charge in [-0.1, -0.05) is 12.1 Å². The van der Waals surface area contributed by atoms with Crippen LogP contribution < -0.4 is 11.3 Å². The molecule has 6 heteroatoms. The minimum Gasteiger partial charge on any atom is -0.271 e. The number of thioether (sulfide) groups is 1. The molecule has 0 fully saturated rings. The van der Waals surface area contributed by atoms with Crippen LogP contribution in [0.5, 0.6) is 0 Å². The molecule has 3 N–H and O–H groups in total. The molecule has 0 radical (unpaired) electrons. The maximum Gasteiger partial charge on any atom is 0.145 e. The van der Waals surface area contributed by atoms with Crippen LogP contribution in [0.2, 0.25) is 0 Å². The molecule has 2 rings (SSSR count). The SMILES string of the molecule is CSc1ccc(C(NN)c2c(F)ccc(Br)c2F)cc1. The Labute approximate surface area is 128 Å². The van der Waals surface area contributed by atoms with E-state index in [-0.39, 0.29) is 10.0 Å². The van der Waals surface area contributed by atoms with Crippen molar-refractivity contribution in [3.8, 4) is 0 Å². The molecule has 20 heavy (non-hydrogen) atoms. The summed E-state index contributed by atoms with van der Waals surface area (Å²) >= 11 is 4.65. The molecule has 0 spiro atoms. The number of hydrogen-bond acceptors (Lipinski definition) is 3. The number of benzene rings is 2. The Balaban J connectivity index is 2.49. The standard InChI is InChI=1S/C14H13BrF2N2S/c1-20-9-4-2-8(3-5-9)14(19-18)12-11(16)7-6-10(15)13(12)17/h2-7,14,19H,18H2,1H3. The van der Waals surface area contributed by atoms with E-state index in [1.807, 2.05) is 18.4 Å². The van der Waals surface area contributed by atoms with Crippen LogP contribution in [0, 0.1) is 11.6 Å². The van der Waals surface area contributed by atoms with Crippen molar-refractivity contribution in [3.05, 3.63) is 63.6 Å². The number of nitrogens with two attached hydrogens (primary N) is 1. The molecule has 0 aliphatic rings. The molecule has 0 heterocycles. The topological polar surface area (TPSA) is 38.0 Å². The van der Waals surface area contributed by atoms with Crippen LogP contribution in [0.4, 0.5) is 8.78 Å². The Morgan fingerprint density at radius 2 is 1.80 bits per heavy atom. The molecule has 0 aliphatic carbocycles. The Hall–Kier alpha value is -0.950. The van der Waals surface area contributed by atoms with Gasteiger partial charge in [-0.3, -0.25) is 5.84 Å². The Bertz CT molecular complexity index is 605.